The predicted molar refractivity (Wildman–Crippen MR) is 78.4 cm³/mol. The van der Waals surface area contributed by atoms with Crippen molar-refractivity contribution in [2.45, 2.75) is 53.6 Å². The van der Waals surface area contributed by atoms with Crippen molar-refractivity contribution < 1.29 is 4.42 Å². The van der Waals surface area contributed by atoms with Crippen LogP contribution in [0.5, 0.6) is 0 Å². The second-order valence-electron chi connectivity index (χ2n) is 5.82. The molecule has 0 fully saturated rings. The van der Waals surface area contributed by atoms with Crippen molar-refractivity contribution in [2.75, 3.05) is 0 Å². The van der Waals surface area contributed by atoms with E-state index in [0.29, 0.717) is 0 Å². The molecule has 0 atom stereocenters. The van der Waals surface area contributed by atoms with Gasteiger partial charge in [0.25, 0.3) is 0 Å². The van der Waals surface area contributed by atoms with Crippen LogP contribution in [-0.4, -0.2) is 15.7 Å². The molecule has 0 bridgehead atoms. The Labute approximate surface area is 118 Å². The number of aryl methyl sites for hydroxylation is 2. The summed E-state index contributed by atoms with van der Waals surface area (Å²) in [6.45, 7) is 13.2. The molecule has 0 saturated carbocycles. The van der Waals surface area contributed by atoms with E-state index in [0.717, 1.165) is 39.2 Å². The van der Waals surface area contributed by atoms with Crippen molar-refractivity contribution in [3.63, 3.8) is 0 Å². The van der Waals surface area contributed by atoms with Crippen molar-refractivity contribution in [3.8, 4) is 10.6 Å². The molecule has 2 rings (SSSR count). The molecule has 104 valence electrons. The Balaban J connectivity index is 2.21. The monoisotopic (exact) mass is 279 g/mol. The van der Waals surface area contributed by atoms with Gasteiger partial charge in [-0.05, 0) is 41.5 Å². The van der Waals surface area contributed by atoms with Gasteiger partial charge in [0.15, 0.2) is 5.01 Å². The second kappa shape index (κ2) is 5.06. The third-order valence-electron chi connectivity index (χ3n) is 3.01. The van der Waals surface area contributed by atoms with E-state index in [1.807, 2.05) is 13.8 Å². The van der Waals surface area contributed by atoms with Gasteiger partial charge < -0.3 is 9.73 Å². The Morgan fingerprint density at radius 2 is 1.79 bits per heavy atom. The molecule has 0 spiro atoms. The summed E-state index contributed by atoms with van der Waals surface area (Å²) in [5, 5.41) is 13.9. The number of hydrogen-bond donors (Lipinski definition) is 1. The van der Waals surface area contributed by atoms with E-state index in [1.54, 1.807) is 11.3 Å². The van der Waals surface area contributed by atoms with Crippen molar-refractivity contribution in [1.29, 1.82) is 0 Å². The Kier molecular flexibility index (Phi) is 3.78. The number of aromatic nitrogens is 2. The average Bonchev–Trinajstić information content (AvgIpc) is 2.82. The predicted octanol–water partition coefficient (Wildman–Crippen LogP) is 3.61. The van der Waals surface area contributed by atoms with E-state index >= 15 is 0 Å². The van der Waals surface area contributed by atoms with E-state index in [9.17, 15) is 0 Å². The molecule has 0 saturated heterocycles. The summed E-state index contributed by atoms with van der Waals surface area (Å²) in [7, 11) is 0. The minimum absolute atomic E-state index is 0.0872. The molecule has 0 amide bonds. The van der Waals surface area contributed by atoms with Crippen molar-refractivity contribution in [2.24, 2.45) is 0 Å². The van der Waals surface area contributed by atoms with Crippen LogP contribution in [0.3, 0.4) is 0 Å². The molecule has 0 aliphatic carbocycles. The first kappa shape index (κ1) is 14.2. The van der Waals surface area contributed by atoms with Crippen molar-refractivity contribution in [3.05, 3.63) is 22.1 Å². The number of furan rings is 1. The molecule has 0 aliphatic heterocycles. The highest BCUT2D eigenvalue weighted by Gasteiger charge is 2.18. The molecule has 0 aromatic carbocycles. The highest BCUT2D eigenvalue weighted by molar-refractivity contribution is 7.14. The summed E-state index contributed by atoms with van der Waals surface area (Å²) >= 11 is 1.62. The van der Waals surface area contributed by atoms with Crippen LogP contribution in [0.4, 0.5) is 0 Å². The van der Waals surface area contributed by atoms with Gasteiger partial charge in [0.2, 0.25) is 0 Å². The molecule has 2 aromatic rings. The zero-order chi connectivity index (χ0) is 14.2. The Bertz CT molecular complexity index is 578. The first-order valence-electron chi connectivity index (χ1n) is 6.42. The first-order chi connectivity index (χ1) is 8.78. The van der Waals surface area contributed by atoms with Crippen LogP contribution in [0.2, 0.25) is 0 Å². The van der Waals surface area contributed by atoms with E-state index in [4.69, 9.17) is 4.42 Å². The molecule has 2 heterocycles. The lowest BCUT2D eigenvalue weighted by molar-refractivity contribution is 0.423. The molecular weight excluding hydrogens is 258 g/mol. The number of rotatable bonds is 3. The highest BCUT2D eigenvalue weighted by atomic mass is 32.1. The van der Waals surface area contributed by atoms with Gasteiger partial charge in [0.1, 0.15) is 16.5 Å². The Hall–Kier alpha value is -1.20. The summed E-state index contributed by atoms with van der Waals surface area (Å²) < 4.78 is 5.65. The second-order valence-corrected chi connectivity index (χ2v) is 6.88. The molecule has 0 aliphatic rings. The fraction of sp³-hybridized carbons (Fsp3) is 0.571. The van der Waals surface area contributed by atoms with E-state index in [2.05, 4.69) is 43.2 Å². The molecule has 2 aromatic heterocycles. The van der Waals surface area contributed by atoms with E-state index in [1.165, 1.54) is 0 Å². The number of nitrogens with zero attached hydrogens (tertiary/aromatic N) is 2. The zero-order valence-corrected chi connectivity index (χ0v) is 13.2. The largest absolute Gasteiger partial charge is 0.466 e. The van der Waals surface area contributed by atoms with Gasteiger partial charge in [-0.15, -0.1) is 10.2 Å². The van der Waals surface area contributed by atoms with Crippen LogP contribution in [0.1, 0.15) is 42.9 Å². The maximum atomic E-state index is 5.65. The third kappa shape index (κ3) is 3.22. The third-order valence-corrected chi connectivity index (χ3v) is 3.95. The first-order valence-corrected chi connectivity index (χ1v) is 7.24. The highest BCUT2D eigenvalue weighted by Crippen LogP contribution is 2.33. The van der Waals surface area contributed by atoms with Gasteiger partial charge in [-0.25, -0.2) is 0 Å². The standard InChI is InChI=1S/C14H21N3OS/c1-8-9(2)18-10(3)12(8)13-17-16-11(19-13)7-15-14(4,5)6/h15H,7H2,1-6H3. The van der Waals surface area contributed by atoms with Gasteiger partial charge in [0.05, 0.1) is 12.1 Å². The van der Waals surface area contributed by atoms with Gasteiger partial charge in [-0.2, -0.15) is 0 Å². The SMILES string of the molecule is Cc1oc(C)c(-c2nnc(CNC(C)(C)C)s2)c1C. The maximum Gasteiger partial charge on any atom is 0.151 e. The number of hydrogen-bond acceptors (Lipinski definition) is 5. The van der Waals surface area contributed by atoms with Crippen LogP contribution >= 0.6 is 11.3 Å². The molecule has 5 heteroatoms. The normalized spacial score (nSPS) is 12.1. The summed E-state index contributed by atoms with van der Waals surface area (Å²) in [6, 6.07) is 0. The van der Waals surface area contributed by atoms with Crippen LogP contribution in [-0.2, 0) is 6.54 Å². The van der Waals surface area contributed by atoms with Gasteiger partial charge in [-0.1, -0.05) is 11.3 Å². The lowest BCUT2D eigenvalue weighted by Gasteiger charge is -2.19. The molecular formula is C14H21N3OS. The smallest absolute Gasteiger partial charge is 0.151 e. The lowest BCUT2D eigenvalue weighted by Crippen LogP contribution is -2.35. The average molecular weight is 279 g/mol. The van der Waals surface area contributed by atoms with Gasteiger partial charge in [-0.3, -0.25) is 0 Å². The summed E-state index contributed by atoms with van der Waals surface area (Å²) in [5.41, 5.74) is 2.34. The molecule has 0 radical (unpaired) electrons. The summed E-state index contributed by atoms with van der Waals surface area (Å²) in [6.07, 6.45) is 0. The number of nitrogens with one attached hydrogen (secondary N) is 1. The quantitative estimate of drug-likeness (QED) is 0.932. The maximum absolute atomic E-state index is 5.65. The summed E-state index contributed by atoms with van der Waals surface area (Å²) in [5.74, 6) is 1.87. The van der Waals surface area contributed by atoms with E-state index < -0.39 is 0 Å². The minimum Gasteiger partial charge on any atom is -0.466 e. The van der Waals surface area contributed by atoms with Crippen LogP contribution < -0.4 is 5.32 Å². The molecule has 0 unspecified atom stereocenters. The minimum atomic E-state index is 0.0872. The topological polar surface area (TPSA) is 51.0 Å². The van der Waals surface area contributed by atoms with Crippen LogP contribution in [0, 0.1) is 20.8 Å². The van der Waals surface area contributed by atoms with Gasteiger partial charge in [0, 0.05) is 11.1 Å². The Morgan fingerprint density at radius 1 is 1.11 bits per heavy atom. The lowest BCUT2D eigenvalue weighted by atomic mass is 10.1. The van der Waals surface area contributed by atoms with E-state index in [-0.39, 0.29) is 5.54 Å². The molecule has 4 nitrogen and oxygen atoms in total. The Morgan fingerprint density at radius 3 is 2.32 bits per heavy atom. The fourth-order valence-electron chi connectivity index (χ4n) is 1.88. The molecule has 1 N–H and O–H groups in total. The van der Waals surface area contributed by atoms with Crippen molar-refractivity contribution >= 4 is 11.3 Å². The van der Waals surface area contributed by atoms with Crippen LogP contribution in [0.25, 0.3) is 10.6 Å². The summed E-state index contributed by atoms with van der Waals surface area (Å²) in [4.78, 5) is 0. The van der Waals surface area contributed by atoms with Crippen molar-refractivity contribution in [1.82, 2.24) is 15.5 Å². The van der Waals surface area contributed by atoms with Gasteiger partial charge >= 0.3 is 0 Å². The zero-order valence-electron chi connectivity index (χ0n) is 12.4. The fourth-order valence-corrected chi connectivity index (χ4v) is 2.80. The molecule has 19 heavy (non-hydrogen) atoms. The van der Waals surface area contributed by atoms with Crippen LogP contribution in [0.15, 0.2) is 4.42 Å².